The van der Waals surface area contributed by atoms with Crippen LogP contribution in [0.1, 0.15) is 96.2 Å². The number of hydrogen-bond donors (Lipinski definition) is 2. The van der Waals surface area contributed by atoms with Crippen molar-refractivity contribution in [3.05, 3.63) is 58.6 Å². The van der Waals surface area contributed by atoms with Crippen molar-refractivity contribution in [2.24, 2.45) is 11.8 Å². The molecule has 3 fully saturated rings. The van der Waals surface area contributed by atoms with Gasteiger partial charge in [0, 0.05) is 42.0 Å². The van der Waals surface area contributed by atoms with E-state index in [0.717, 1.165) is 49.1 Å². The number of nitrogens with one attached hydrogen (secondary N) is 2. The minimum atomic E-state index is -1.34. The second kappa shape index (κ2) is 12.2. The lowest BCUT2D eigenvalue weighted by molar-refractivity contribution is -0.124. The van der Waals surface area contributed by atoms with Gasteiger partial charge in [-0.2, -0.15) is 0 Å². The summed E-state index contributed by atoms with van der Waals surface area (Å²) in [7, 11) is 0. The second-order valence-electron chi connectivity index (χ2n) is 16.6. The van der Waals surface area contributed by atoms with Crippen molar-refractivity contribution in [3.63, 3.8) is 0 Å². The van der Waals surface area contributed by atoms with Crippen LogP contribution in [0.5, 0.6) is 0 Å². The van der Waals surface area contributed by atoms with E-state index in [1.165, 1.54) is 18.9 Å². The Bertz CT molecular complexity index is 2140. The van der Waals surface area contributed by atoms with E-state index in [4.69, 9.17) is 21.6 Å². The first-order valence-corrected chi connectivity index (χ1v) is 18.7. The Hall–Kier alpha value is -4.16. The molecule has 8 rings (SSSR count). The topological polar surface area (TPSA) is 108 Å². The first-order chi connectivity index (χ1) is 24.6. The van der Waals surface area contributed by atoms with Crippen molar-refractivity contribution in [2.45, 2.75) is 103 Å². The Labute approximate surface area is 307 Å². The third-order valence-electron chi connectivity index (χ3n) is 11.7. The summed E-state index contributed by atoms with van der Waals surface area (Å²) in [6.07, 6.45) is 7.82. The third kappa shape index (κ3) is 5.55. The summed E-state index contributed by atoms with van der Waals surface area (Å²) in [6.45, 7) is 16.0. The van der Waals surface area contributed by atoms with Gasteiger partial charge in [0.2, 0.25) is 5.91 Å². The molecule has 0 radical (unpaired) electrons. The molecule has 274 valence electrons. The van der Waals surface area contributed by atoms with Crippen LogP contribution in [0.25, 0.3) is 22.3 Å². The van der Waals surface area contributed by atoms with Gasteiger partial charge >= 0.3 is 0 Å². The first kappa shape index (κ1) is 34.9. The number of pyridine rings is 2. The minimum absolute atomic E-state index is 0.0374. The number of nitrogens with zero attached hydrogens (tertiary/aromatic N) is 6. The maximum absolute atomic E-state index is 15.5. The molecule has 2 aliphatic carbocycles. The van der Waals surface area contributed by atoms with Crippen LogP contribution < -0.4 is 15.5 Å². The van der Waals surface area contributed by atoms with Gasteiger partial charge in [-0.15, -0.1) is 0 Å². The maximum Gasteiger partial charge on any atom is 0.253 e. The van der Waals surface area contributed by atoms with Crippen molar-refractivity contribution in [1.29, 1.82) is 0 Å². The second-order valence-corrected chi connectivity index (χ2v) is 17.0. The largest absolute Gasteiger partial charge is 0.350 e. The number of fused-ring (bicyclic) bond motifs is 3. The molecule has 2 N–H and O–H groups in total. The van der Waals surface area contributed by atoms with E-state index in [1.54, 1.807) is 26.4 Å². The summed E-state index contributed by atoms with van der Waals surface area (Å²) in [5.74, 6) is -1.22. The molecule has 2 atom stereocenters. The summed E-state index contributed by atoms with van der Waals surface area (Å²) >= 11 is 6.12. The average molecular weight is 731 g/mol. The van der Waals surface area contributed by atoms with Gasteiger partial charge in [-0.25, -0.2) is 18.7 Å². The highest BCUT2D eigenvalue weighted by molar-refractivity contribution is 6.34. The van der Waals surface area contributed by atoms with E-state index in [2.05, 4.69) is 27.4 Å². The highest BCUT2D eigenvalue weighted by Gasteiger charge is 2.56. The summed E-state index contributed by atoms with van der Waals surface area (Å²) in [5, 5.41) is 5.05. The smallest absolute Gasteiger partial charge is 0.253 e. The van der Waals surface area contributed by atoms with Gasteiger partial charge in [-0.3, -0.25) is 19.5 Å². The molecule has 1 saturated heterocycles. The van der Waals surface area contributed by atoms with Crippen LogP contribution in [-0.4, -0.2) is 66.9 Å². The van der Waals surface area contributed by atoms with Gasteiger partial charge in [0.1, 0.15) is 5.52 Å². The molecule has 1 aromatic carbocycles. The van der Waals surface area contributed by atoms with E-state index >= 15 is 8.78 Å². The van der Waals surface area contributed by atoms with E-state index in [1.807, 2.05) is 49.3 Å². The third-order valence-corrected chi connectivity index (χ3v) is 12.1. The van der Waals surface area contributed by atoms with Crippen LogP contribution in [0, 0.1) is 23.5 Å². The molecule has 5 heterocycles. The zero-order chi connectivity index (χ0) is 37.0. The molecule has 2 aliphatic heterocycles. The number of benzene rings is 1. The van der Waals surface area contributed by atoms with E-state index in [9.17, 15) is 9.59 Å². The molecule has 52 heavy (non-hydrogen) atoms. The summed E-state index contributed by atoms with van der Waals surface area (Å²) in [5.41, 5.74) is 2.54. The first-order valence-electron chi connectivity index (χ1n) is 18.3. The van der Waals surface area contributed by atoms with Crippen LogP contribution in [0.4, 0.5) is 26.0 Å². The minimum Gasteiger partial charge on any atom is -0.350 e. The molecule has 4 aliphatic rings. The van der Waals surface area contributed by atoms with E-state index < -0.39 is 28.0 Å². The molecular weight excluding hydrogens is 686 g/mol. The Kier molecular flexibility index (Phi) is 8.18. The van der Waals surface area contributed by atoms with Crippen LogP contribution in [0.2, 0.25) is 5.02 Å². The highest BCUT2D eigenvalue weighted by atomic mass is 35.5. The molecule has 13 heteroatoms. The van der Waals surface area contributed by atoms with Gasteiger partial charge in [0.05, 0.1) is 50.6 Å². The lowest BCUT2D eigenvalue weighted by atomic mass is 9.71. The monoisotopic (exact) mass is 730 g/mol. The van der Waals surface area contributed by atoms with Crippen LogP contribution in [0.15, 0.2) is 30.7 Å². The molecule has 4 aromatic rings. The maximum atomic E-state index is 15.5. The summed E-state index contributed by atoms with van der Waals surface area (Å²) in [6, 6.07) is 4.76. The van der Waals surface area contributed by atoms with Gasteiger partial charge in [-0.05, 0) is 111 Å². The number of imidazole rings is 1. The number of aromatic nitrogens is 4. The Balaban J connectivity index is 1.17. The number of carbonyl (C=O) groups excluding carboxylic acids is 2. The summed E-state index contributed by atoms with van der Waals surface area (Å²) in [4.78, 5) is 46.0. The predicted molar refractivity (Wildman–Crippen MR) is 198 cm³/mol. The van der Waals surface area contributed by atoms with Crippen LogP contribution in [0.3, 0.4) is 0 Å². The molecule has 2 unspecified atom stereocenters. The predicted octanol–water partition coefficient (Wildman–Crippen LogP) is 7.77. The molecular formula is C39H45ClF2N8O2. The van der Waals surface area contributed by atoms with Crippen molar-refractivity contribution < 1.29 is 18.4 Å². The van der Waals surface area contributed by atoms with Gasteiger partial charge in [0.15, 0.2) is 17.5 Å². The zero-order valence-corrected chi connectivity index (χ0v) is 31.4. The van der Waals surface area contributed by atoms with E-state index in [-0.39, 0.29) is 46.6 Å². The molecule has 3 aromatic heterocycles. The summed E-state index contributed by atoms with van der Waals surface area (Å²) < 4.78 is 32.6. The number of likely N-dealkylation sites (tertiary alicyclic amines) is 1. The highest BCUT2D eigenvalue weighted by Crippen LogP contribution is 2.53. The van der Waals surface area contributed by atoms with Crippen molar-refractivity contribution in [1.82, 2.24) is 29.7 Å². The van der Waals surface area contributed by atoms with E-state index in [0.29, 0.717) is 22.3 Å². The van der Waals surface area contributed by atoms with Crippen molar-refractivity contribution >= 4 is 51.6 Å². The number of carbonyl (C=O) groups is 2. The lowest BCUT2D eigenvalue weighted by Gasteiger charge is -2.55. The van der Waals surface area contributed by atoms with Crippen molar-refractivity contribution in [2.75, 3.05) is 23.3 Å². The van der Waals surface area contributed by atoms with Crippen molar-refractivity contribution in [3.8, 4) is 11.3 Å². The SMILES string of the molecule is CC(C)NC(=O)c1cc(Nc2nc(-c3cnc4c(c3)N(C3CC(C)(N5CCC6CC6C5)C3)C(=O)C4(C)C)cc3ncn(C(C)C)c23)c(F)c(F)c1Cl. The number of amides is 2. The normalized spacial score (nSPS) is 25.0. The fraction of sp³-hybridized carbons (Fsp3) is 0.513. The molecule has 0 spiro atoms. The molecule has 2 amide bonds. The molecule has 0 bridgehead atoms. The zero-order valence-electron chi connectivity index (χ0n) is 30.6. The lowest BCUT2D eigenvalue weighted by Crippen LogP contribution is -2.64. The average Bonchev–Trinajstić information content (AvgIpc) is 3.68. The van der Waals surface area contributed by atoms with Crippen LogP contribution in [-0.2, 0) is 10.2 Å². The number of rotatable bonds is 8. The van der Waals surface area contributed by atoms with Gasteiger partial charge < -0.3 is 20.1 Å². The number of piperidine rings is 1. The standard InChI is InChI=1S/C39H45ClF2N8O2/c1-19(2)45-36(51)25-12-27(31(41)32(42)30(25)40)47-35-33-28(44-18-49(33)20(3)4)13-26(46-35)22-11-29-34(43-16-22)38(5,6)37(52)50(29)24-14-39(7,15-24)48-9-8-21-10-23(21)17-48/h11-13,16,18-21,23-24H,8-10,14-15,17H2,1-7H3,(H,45,51)(H,46,47). The number of halogens is 3. The fourth-order valence-electron chi connectivity index (χ4n) is 8.62. The Morgan fingerprint density at radius 2 is 1.79 bits per heavy atom. The quantitative estimate of drug-likeness (QED) is 0.178. The fourth-order valence-corrected chi connectivity index (χ4v) is 8.84. The Morgan fingerprint density at radius 1 is 1.04 bits per heavy atom. The van der Waals surface area contributed by atoms with Gasteiger partial charge in [-0.1, -0.05) is 11.6 Å². The van der Waals surface area contributed by atoms with Crippen LogP contribution >= 0.6 is 11.6 Å². The molecule has 10 nitrogen and oxygen atoms in total. The number of anilines is 3. The number of hydrogen-bond acceptors (Lipinski definition) is 7. The van der Waals surface area contributed by atoms with Gasteiger partial charge in [0.25, 0.3) is 5.91 Å². The Morgan fingerprint density at radius 3 is 2.48 bits per heavy atom. The molecule has 2 saturated carbocycles.